The van der Waals surface area contributed by atoms with Crippen LogP contribution in [0.15, 0.2) is 29.1 Å². The number of hydrogen-bond acceptors (Lipinski definition) is 5. The van der Waals surface area contributed by atoms with Crippen molar-refractivity contribution in [2.24, 2.45) is 11.7 Å². The summed E-state index contributed by atoms with van der Waals surface area (Å²) in [7, 11) is 3.21. The van der Waals surface area contributed by atoms with Crippen LogP contribution in [0, 0.1) is 11.7 Å². The van der Waals surface area contributed by atoms with Crippen LogP contribution < -0.4 is 20.9 Å². The number of aromatic nitrogens is 2. The molecule has 1 heterocycles. The molecule has 2 N–H and O–H groups in total. The van der Waals surface area contributed by atoms with Gasteiger partial charge in [-0.2, -0.15) is 0 Å². The molecule has 0 aliphatic heterocycles. The molecule has 0 radical (unpaired) electrons. The number of halogens is 4. The summed E-state index contributed by atoms with van der Waals surface area (Å²) in [6, 6.07) is 3.38. The fourth-order valence-corrected chi connectivity index (χ4v) is 3.13. The quantitative estimate of drug-likeness (QED) is 0.734. The molecule has 1 aliphatic carbocycles. The summed E-state index contributed by atoms with van der Waals surface area (Å²) in [4.78, 5) is 29.9. The van der Waals surface area contributed by atoms with Gasteiger partial charge in [-0.1, -0.05) is 6.07 Å². The second kappa shape index (κ2) is 7.37. The Morgan fingerprint density at radius 2 is 1.97 bits per heavy atom. The Kier molecular flexibility index (Phi) is 5.24. The van der Waals surface area contributed by atoms with Crippen molar-refractivity contribution in [1.29, 1.82) is 0 Å². The number of benzene rings is 1. The summed E-state index contributed by atoms with van der Waals surface area (Å²) in [5, 5.41) is 0. The van der Waals surface area contributed by atoms with E-state index >= 15 is 0 Å². The van der Waals surface area contributed by atoms with Crippen molar-refractivity contribution in [2.45, 2.75) is 25.2 Å². The summed E-state index contributed by atoms with van der Waals surface area (Å²) in [5.41, 5.74) is 4.72. The lowest BCUT2D eigenvalue weighted by Crippen LogP contribution is -2.34. The van der Waals surface area contributed by atoms with Gasteiger partial charge in [-0.15, -0.1) is 13.2 Å². The first-order valence-electron chi connectivity index (χ1n) is 8.64. The van der Waals surface area contributed by atoms with Gasteiger partial charge in [0.2, 0.25) is 5.95 Å². The molecule has 1 fully saturated rings. The van der Waals surface area contributed by atoms with Crippen molar-refractivity contribution in [3.8, 4) is 5.75 Å². The molecule has 1 aliphatic rings. The molecule has 11 heteroatoms. The number of nitrogens with two attached hydrogens (primary N) is 1. The summed E-state index contributed by atoms with van der Waals surface area (Å²) in [6.45, 7) is 0. The van der Waals surface area contributed by atoms with Crippen LogP contribution in [0.1, 0.15) is 34.9 Å². The maximum Gasteiger partial charge on any atom is 0.573 e. The SMILES string of the molecule is CN(C)c1nc(C(N)=O)cc(=O)n1[C@@H](c1ccc(OC(F)(F)F)c(F)c1)C1CC1. The minimum atomic E-state index is -5.03. The Morgan fingerprint density at radius 1 is 1.31 bits per heavy atom. The number of ether oxygens (including phenoxy) is 1. The van der Waals surface area contributed by atoms with Crippen molar-refractivity contribution in [3.63, 3.8) is 0 Å². The van der Waals surface area contributed by atoms with E-state index in [9.17, 15) is 27.2 Å². The molecule has 29 heavy (non-hydrogen) atoms. The highest BCUT2D eigenvalue weighted by atomic mass is 19.4. The number of primary amides is 1. The molecule has 0 bridgehead atoms. The molecule has 1 saturated carbocycles. The number of nitrogens with zero attached hydrogens (tertiary/aromatic N) is 3. The third-order valence-corrected chi connectivity index (χ3v) is 4.46. The molecule has 0 saturated heterocycles. The van der Waals surface area contributed by atoms with Gasteiger partial charge >= 0.3 is 6.36 Å². The fraction of sp³-hybridized carbons (Fsp3) is 0.389. The van der Waals surface area contributed by atoms with Crippen LogP contribution in [-0.4, -0.2) is 35.9 Å². The molecule has 0 spiro atoms. The van der Waals surface area contributed by atoms with Gasteiger partial charge in [0.05, 0.1) is 6.04 Å². The fourth-order valence-electron chi connectivity index (χ4n) is 3.13. The highest BCUT2D eigenvalue weighted by molar-refractivity contribution is 5.90. The molecule has 3 rings (SSSR count). The van der Waals surface area contributed by atoms with Crippen molar-refractivity contribution in [1.82, 2.24) is 9.55 Å². The maximum absolute atomic E-state index is 14.3. The zero-order valence-electron chi connectivity index (χ0n) is 15.5. The first-order valence-corrected chi connectivity index (χ1v) is 8.64. The van der Waals surface area contributed by atoms with Crippen LogP contribution in [0.25, 0.3) is 0 Å². The van der Waals surface area contributed by atoms with Crippen LogP contribution in [0.4, 0.5) is 23.5 Å². The minimum Gasteiger partial charge on any atom is -0.403 e. The molecule has 1 aromatic heterocycles. The highest BCUT2D eigenvalue weighted by Gasteiger charge is 2.37. The number of amides is 1. The summed E-state index contributed by atoms with van der Waals surface area (Å²) in [5.74, 6) is -2.95. The Labute approximate surface area is 162 Å². The topological polar surface area (TPSA) is 90.5 Å². The zero-order valence-corrected chi connectivity index (χ0v) is 15.5. The predicted octanol–water partition coefficient (Wildman–Crippen LogP) is 2.45. The number of carbonyl (C=O) groups excluding carboxylic acids is 1. The van der Waals surface area contributed by atoms with E-state index in [0.717, 1.165) is 31.0 Å². The molecular formula is C18H18F4N4O3. The van der Waals surface area contributed by atoms with Gasteiger partial charge in [-0.25, -0.2) is 9.37 Å². The van der Waals surface area contributed by atoms with Gasteiger partial charge in [0.25, 0.3) is 11.5 Å². The third-order valence-electron chi connectivity index (χ3n) is 4.46. The lowest BCUT2D eigenvalue weighted by Gasteiger charge is -2.26. The number of alkyl halides is 3. The number of anilines is 1. The van der Waals surface area contributed by atoms with E-state index in [1.807, 2.05) is 0 Å². The van der Waals surface area contributed by atoms with Crippen LogP contribution in [0.5, 0.6) is 5.75 Å². The average Bonchev–Trinajstić information content (AvgIpc) is 3.42. The van der Waals surface area contributed by atoms with Gasteiger partial charge in [0, 0.05) is 20.2 Å². The Bertz CT molecular complexity index is 1000. The Morgan fingerprint density at radius 3 is 2.45 bits per heavy atom. The number of hydrogen-bond donors (Lipinski definition) is 1. The minimum absolute atomic E-state index is 0.0404. The van der Waals surface area contributed by atoms with E-state index in [0.29, 0.717) is 5.56 Å². The number of rotatable bonds is 6. The number of carbonyl (C=O) groups is 1. The third kappa shape index (κ3) is 4.49. The monoisotopic (exact) mass is 414 g/mol. The van der Waals surface area contributed by atoms with Crippen molar-refractivity contribution >= 4 is 11.9 Å². The van der Waals surface area contributed by atoms with Crippen molar-refractivity contribution in [3.05, 3.63) is 51.7 Å². The molecular weight excluding hydrogens is 396 g/mol. The molecule has 2 aromatic rings. The van der Waals surface area contributed by atoms with Gasteiger partial charge in [-0.05, 0) is 36.5 Å². The van der Waals surface area contributed by atoms with Crippen molar-refractivity contribution < 1.29 is 27.1 Å². The Balaban J connectivity index is 2.12. The standard InChI is InChI=1S/C18H18F4N4O3/c1-25(2)17-24-12(16(23)28)8-14(27)26(17)15(9-3-4-9)10-5-6-13(11(19)7-10)29-18(20,21)22/h5-9,15H,3-4H2,1-2H3,(H2,23,28)/t15-/m1/s1. The first-order chi connectivity index (χ1) is 13.5. The van der Waals surface area contributed by atoms with E-state index in [2.05, 4.69) is 9.72 Å². The molecule has 7 nitrogen and oxygen atoms in total. The van der Waals surface area contributed by atoms with E-state index in [1.54, 1.807) is 14.1 Å². The van der Waals surface area contributed by atoms with Crippen LogP contribution in [-0.2, 0) is 0 Å². The second-order valence-corrected chi connectivity index (χ2v) is 6.93. The summed E-state index contributed by atoms with van der Waals surface area (Å²) in [6.07, 6.45) is -3.55. The van der Waals surface area contributed by atoms with Gasteiger partial charge in [0.15, 0.2) is 11.6 Å². The normalized spacial score (nSPS) is 15.1. The summed E-state index contributed by atoms with van der Waals surface area (Å²) >= 11 is 0. The molecule has 1 aromatic carbocycles. The van der Waals surface area contributed by atoms with Crippen LogP contribution >= 0.6 is 0 Å². The van der Waals surface area contributed by atoms with Gasteiger partial charge in [0.1, 0.15) is 5.69 Å². The summed E-state index contributed by atoms with van der Waals surface area (Å²) < 4.78 is 56.4. The molecule has 0 unspecified atom stereocenters. The Hall–Kier alpha value is -3.11. The van der Waals surface area contributed by atoms with E-state index in [4.69, 9.17) is 5.73 Å². The highest BCUT2D eigenvalue weighted by Crippen LogP contribution is 2.44. The lowest BCUT2D eigenvalue weighted by molar-refractivity contribution is -0.275. The molecule has 156 valence electrons. The van der Waals surface area contributed by atoms with Crippen LogP contribution in [0.3, 0.4) is 0 Å². The molecule has 1 atom stereocenters. The zero-order chi connectivity index (χ0) is 21.5. The van der Waals surface area contributed by atoms with Gasteiger partial charge in [-0.3, -0.25) is 14.2 Å². The maximum atomic E-state index is 14.3. The average molecular weight is 414 g/mol. The van der Waals surface area contributed by atoms with E-state index in [-0.39, 0.29) is 17.6 Å². The smallest absolute Gasteiger partial charge is 0.403 e. The lowest BCUT2D eigenvalue weighted by atomic mass is 10.0. The molecule has 1 amide bonds. The van der Waals surface area contributed by atoms with E-state index < -0.39 is 35.4 Å². The second-order valence-electron chi connectivity index (χ2n) is 6.93. The first kappa shape index (κ1) is 20.6. The predicted molar refractivity (Wildman–Crippen MR) is 95.3 cm³/mol. The largest absolute Gasteiger partial charge is 0.573 e. The van der Waals surface area contributed by atoms with Crippen molar-refractivity contribution in [2.75, 3.05) is 19.0 Å². The van der Waals surface area contributed by atoms with Crippen LogP contribution in [0.2, 0.25) is 0 Å². The van der Waals surface area contributed by atoms with E-state index in [1.165, 1.54) is 15.5 Å². The van der Waals surface area contributed by atoms with Gasteiger partial charge < -0.3 is 15.4 Å².